The fourth-order valence-electron chi connectivity index (χ4n) is 2.68. The van der Waals surface area contributed by atoms with Crippen molar-refractivity contribution in [3.05, 3.63) is 35.4 Å². The summed E-state index contributed by atoms with van der Waals surface area (Å²) in [5.41, 5.74) is 1.50. The predicted molar refractivity (Wildman–Crippen MR) is 71.7 cm³/mol. The summed E-state index contributed by atoms with van der Waals surface area (Å²) in [5.74, 6) is 0.242. The van der Waals surface area contributed by atoms with Crippen molar-refractivity contribution in [2.75, 3.05) is 12.0 Å². The maximum atomic E-state index is 11.5. The van der Waals surface area contributed by atoms with Crippen LogP contribution in [0.15, 0.2) is 24.3 Å². The zero-order valence-corrected chi connectivity index (χ0v) is 11.6. The van der Waals surface area contributed by atoms with E-state index in [1.54, 1.807) is 12.1 Å². The Kier molecular flexibility index (Phi) is 3.32. The lowest BCUT2D eigenvalue weighted by Gasteiger charge is -2.42. The van der Waals surface area contributed by atoms with Gasteiger partial charge < -0.3 is 0 Å². The fraction of sp³-hybridized carbons (Fsp3) is 0.500. The summed E-state index contributed by atoms with van der Waals surface area (Å²) >= 11 is 0. The molecule has 1 aromatic rings. The van der Waals surface area contributed by atoms with Gasteiger partial charge in [-0.05, 0) is 25.3 Å². The van der Waals surface area contributed by atoms with Crippen LogP contribution in [-0.4, -0.2) is 26.2 Å². The van der Waals surface area contributed by atoms with Crippen LogP contribution in [0, 0.1) is 0 Å². The SMILES string of the molecule is CC(=O)c1ccc(C2(CS(C)(=O)=O)CCC2)cc1. The molecule has 1 fully saturated rings. The summed E-state index contributed by atoms with van der Waals surface area (Å²) in [7, 11) is -2.98. The van der Waals surface area contributed by atoms with Gasteiger partial charge in [0.2, 0.25) is 0 Å². The van der Waals surface area contributed by atoms with E-state index in [0.717, 1.165) is 24.8 Å². The topological polar surface area (TPSA) is 51.2 Å². The first-order chi connectivity index (χ1) is 8.32. The van der Waals surface area contributed by atoms with Crippen LogP contribution in [0.5, 0.6) is 0 Å². The Bertz CT molecular complexity index is 551. The second kappa shape index (κ2) is 4.50. The number of hydrogen-bond acceptors (Lipinski definition) is 3. The maximum absolute atomic E-state index is 11.5. The van der Waals surface area contributed by atoms with Crippen LogP contribution in [0.25, 0.3) is 0 Å². The van der Waals surface area contributed by atoms with E-state index in [4.69, 9.17) is 0 Å². The quantitative estimate of drug-likeness (QED) is 0.786. The summed E-state index contributed by atoms with van der Waals surface area (Å²) in [5, 5.41) is 0. The highest BCUT2D eigenvalue weighted by molar-refractivity contribution is 7.90. The van der Waals surface area contributed by atoms with Gasteiger partial charge in [-0.3, -0.25) is 4.79 Å². The Morgan fingerprint density at radius 3 is 2.11 bits per heavy atom. The van der Waals surface area contributed by atoms with Crippen LogP contribution < -0.4 is 0 Å². The molecule has 0 aromatic heterocycles. The number of Topliss-reactive ketones (excluding diaryl/α,β-unsaturated/α-hetero) is 1. The van der Waals surface area contributed by atoms with Gasteiger partial charge in [0.1, 0.15) is 9.84 Å². The second-order valence-electron chi connectivity index (χ2n) is 5.34. The Morgan fingerprint density at radius 1 is 1.22 bits per heavy atom. The van der Waals surface area contributed by atoms with Gasteiger partial charge in [-0.1, -0.05) is 30.7 Å². The van der Waals surface area contributed by atoms with Crippen molar-refractivity contribution >= 4 is 15.6 Å². The van der Waals surface area contributed by atoms with Crippen molar-refractivity contribution in [2.45, 2.75) is 31.6 Å². The molecular weight excluding hydrogens is 248 g/mol. The van der Waals surface area contributed by atoms with E-state index in [9.17, 15) is 13.2 Å². The van der Waals surface area contributed by atoms with E-state index in [0.29, 0.717) is 5.56 Å². The largest absolute Gasteiger partial charge is 0.295 e. The number of sulfone groups is 1. The maximum Gasteiger partial charge on any atom is 0.159 e. The van der Waals surface area contributed by atoms with Crippen molar-refractivity contribution in [1.29, 1.82) is 0 Å². The van der Waals surface area contributed by atoms with E-state index in [1.807, 2.05) is 12.1 Å². The molecule has 18 heavy (non-hydrogen) atoms. The van der Waals surface area contributed by atoms with Crippen LogP contribution in [0.1, 0.15) is 42.1 Å². The number of carbonyl (C=O) groups excluding carboxylic acids is 1. The Balaban J connectivity index is 2.31. The van der Waals surface area contributed by atoms with Crippen molar-refractivity contribution in [1.82, 2.24) is 0 Å². The van der Waals surface area contributed by atoms with Gasteiger partial charge >= 0.3 is 0 Å². The Morgan fingerprint density at radius 2 is 1.78 bits per heavy atom. The average molecular weight is 266 g/mol. The Labute approximate surface area is 108 Å². The number of hydrogen-bond donors (Lipinski definition) is 0. The van der Waals surface area contributed by atoms with Gasteiger partial charge in [-0.25, -0.2) is 8.42 Å². The van der Waals surface area contributed by atoms with E-state index >= 15 is 0 Å². The van der Waals surface area contributed by atoms with Crippen LogP contribution >= 0.6 is 0 Å². The Hall–Kier alpha value is -1.16. The summed E-state index contributed by atoms with van der Waals surface area (Å²) in [6.07, 6.45) is 4.19. The van der Waals surface area contributed by atoms with Gasteiger partial charge in [0.15, 0.2) is 5.78 Å². The molecule has 1 saturated carbocycles. The summed E-state index contributed by atoms with van der Waals surface area (Å²) in [6, 6.07) is 7.39. The van der Waals surface area contributed by atoms with E-state index in [2.05, 4.69) is 0 Å². The highest BCUT2D eigenvalue weighted by Crippen LogP contribution is 2.44. The molecule has 1 aliphatic rings. The zero-order valence-electron chi connectivity index (χ0n) is 10.8. The first-order valence-electron chi connectivity index (χ1n) is 6.12. The molecule has 1 aromatic carbocycles. The second-order valence-corrected chi connectivity index (χ2v) is 7.48. The summed E-state index contributed by atoms with van der Waals surface area (Å²) < 4.78 is 23.1. The summed E-state index contributed by atoms with van der Waals surface area (Å²) in [4.78, 5) is 11.2. The number of ketones is 1. The minimum atomic E-state index is -2.98. The highest BCUT2D eigenvalue weighted by Gasteiger charge is 2.41. The molecular formula is C14H18O3S. The highest BCUT2D eigenvalue weighted by atomic mass is 32.2. The molecule has 0 saturated heterocycles. The molecule has 0 unspecified atom stereocenters. The number of benzene rings is 1. The first-order valence-corrected chi connectivity index (χ1v) is 8.18. The molecule has 0 radical (unpaired) electrons. The van der Waals surface area contributed by atoms with Crippen molar-refractivity contribution < 1.29 is 13.2 Å². The third kappa shape index (κ3) is 2.64. The third-order valence-electron chi connectivity index (χ3n) is 3.75. The van der Waals surface area contributed by atoms with Gasteiger partial charge in [-0.2, -0.15) is 0 Å². The molecule has 98 valence electrons. The molecule has 4 heteroatoms. The van der Waals surface area contributed by atoms with Gasteiger partial charge in [0.25, 0.3) is 0 Å². The zero-order chi connectivity index (χ0) is 13.4. The minimum absolute atomic E-state index is 0.0346. The standard InChI is InChI=1S/C14H18O3S/c1-11(15)12-4-6-13(7-5-12)14(8-3-9-14)10-18(2,16)17/h4-7H,3,8-10H2,1-2H3. The predicted octanol–water partition coefficient (Wildman–Crippen LogP) is 2.36. The lowest BCUT2D eigenvalue weighted by molar-refractivity contribution is 0.101. The van der Waals surface area contributed by atoms with Crippen LogP contribution in [0.4, 0.5) is 0 Å². The first kappa shape index (κ1) is 13.3. The molecule has 0 bridgehead atoms. The third-order valence-corrected chi connectivity index (χ3v) is 4.83. The van der Waals surface area contributed by atoms with Crippen LogP contribution in [0.3, 0.4) is 0 Å². The van der Waals surface area contributed by atoms with Gasteiger partial charge in [0, 0.05) is 17.2 Å². The molecule has 0 amide bonds. The summed E-state index contributed by atoms with van der Waals surface area (Å²) in [6.45, 7) is 1.53. The van der Waals surface area contributed by atoms with Crippen molar-refractivity contribution in [3.63, 3.8) is 0 Å². The van der Waals surface area contributed by atoms with Crippen LogP contribution in [-0.2, 0) is 15.3 Å². The lowest BCUT2D eigenvalue weighted by atomic mass is 9.66. The average Bonchev–Trinajstić information content (AvgIpc) is 2.22. The molecule has 0 heterocycles. The molecule has 0 spiro atoms. The molecule has 3 nitrogen and oxygen atoms in total. The number of rotatable bonds is 4. The normalized spacial score (nSPS) is 18.1. The molecule has 0 aliphatic heterocycles. The van der Waals surface area contributed by atoms with Gasteiger partial charge in [0.05, 0.1) is 5.75 Å². The lowest BCUT2D eigenvalue weighted by Crippen LogP contribution is -2.40. The molecule has 0 N–H and O–H groups in total. The minimum Gasteiger partial charge on any atom is -0.295 e. The molecule has 0 atom stereocenters. The smallest absolute Gasteiger partial charge is 0.159 e. The van der Waals surface area contributed by atoms with Crippen molar-refractivity contribution in [2.24, 2.45) is 0 Å². The fourth-order valence-corrected chi connectivity index (χ4v) is 4.14. The van der Waals surface area contributed by atoms with E-state index < -0.39 is 9.84 Å². The molecule has 2 rings (SSSR count). The van der Waals surface area contributed by atoms with Crippen LogP contribution in [0.2, 0.25) is 0 Å². The van der Waals surface area contributed by atoms with Gasteiger partial charge in [-0.15, -0.1) is 0 Å². The van der Waals surface area contributed by atoms with Crippen molar-refractivity contribution in [3.8, 4) is 0 Å². The number of carbonyl (C=O) groups is 1. The molecule has 1 aliphatic carbocycles. The van der Waals surface area contributed by atoms with E-state index in [1.165, 1.54) is 13.2 Å². The monoisotopic (exact) mass is 266 g/mol. The van der Waals surface area contributed by atoms with E-state index in [-0.39, 0.29) is 17.0 Å².